The summed E-state index contributed by atoms with van der Waals surface area (Å²) in [4.78, 5) is 13.2. The van der Waals surface area contributed by atoms with Crippen LogP contribution in [0.25, 0.3) is 0 Å². The van der Waals surface area contributed by atoms with E-state index in [0.717, 1.165) is 24.2 Å². The summed E-state index contributed by atoms with van der Waals surface area (Å²) in [6.45, 7) is 4.58. The molecule has 2 heterocycles. The third kappa shape index (κ3) is 5.58. The molecule has 0 radical (unpaired) electrons. The van der Waals surface area contributed by atoms with E-state index in [1.54, 1.807) is 0 Å². The number of aliphatic hydroxyl groups excluding tert-OH is 2. The highest BCUT2D eigenvalue weighted by Gasteiger charge is 2.15. The molecule has 0 saturated heterocycles. The highest BCUT2D eigenvalue weighted by molar-refractivity contribution is 5.47. The van der Waals surface area contributed by atoms with Crippen molar-refractivity contribution < 1.29 is 19.7 Å². The van der Waals surface area contributed by atoms with E-state index in [0.29, 0.717) is 30.1 Å². The molecule has 158 valence electrons. The summed E-state index contributed by atoms with van der Waals surface area (Å²) < 4.78 is 10.7. The molecule has 0 spiro atoms. The fraction of sp³-hybridized carbons (Fsp3) is 0.526. The molecule has 1 aromatic heterocycles. The number of aromatic nitrogens is 3. The molecule has 3 rings (SSSR count). The lowest BCUT2D eigenvalue weighted by Crippen LogP contribution is -2.27. The fourth-order valence-corrected chi connectivity index (χ4v) is 2.73. The highest BCUT2D eigenvalue weighted by Crippen LogP contribution is 2.32. The third-order valence-corrected chi connectivity index (χ3v) is 4.62. The van der Waals surface area contributed by atoms with Crippen LogP contribution in [0.2, 0.25) is 0 Å². The molecule has 0 amide bonds. The first-order chi connectivity index (χ1) is 14.1. The molecular weight excluding hydrogens is 376 g/mol. The van der Waals surface area contributed by atoms with E-state index < -0.39 is 0 Å². The normalized spacial score (nSPS) is 14.3. The lowest BCUT2D eigenvalue weighted by Gasteiger charge is -2.18. The number of benzene rings is 1. The summed E-state index contributed by atoms with van der Waals surface area (Å²) in [5.74, 6) is 2.53. The lowest BCUT2D eigenvalue weighted by molar-refractivity contribution is 0.174. The molecule has 5 N–H and O–H groups in total. The van der Waals surface area contributed by atoms with Crippen LogP contribution in [0.1, 0.15) is 32.3 Å². The second-order valence-corrected chi connectivity index (χ2v) is 6.71. The molecule has 0 aliphatic carbocycles. The van der Waals surface area contributed by atoms with E-state index in [1.807, 2.05) is 32.0 Å². The topological polar surface area (TPSA) is 134 Å². The van der Waals surface area contributed by atoms with Gasteiger partial charge in [-0.25, -0.2) is 0 Å². The van der Waals surface area contributed by atoms with Crippen molar-refractivity contribution in [1.82, 2.24) is 15.0 Å². The molecule has 0 unspecified atom stereocenters. The number of nitrogens with zero attached hydrogens (tertiary/aromatic N) is 3. The second kappa shape index (κ2) is 10.1. The molecule has 0 saturated carbocycles. The van der Waals surface area contributed by atoms with Crippen molar-refractivity contribution in [2.24, 2.45) is 0 Å². The summed E-state index contributed by atoms with van der Waals surface area (Å²) in [5, 5.41) is 28.3. The van der Waals surface area contributed by atoms with E-state index in [4.69, 9.17) is 9.47 Å². The first kappa shape index (κ1) is 20.9. The van der Waals surface area contributed by atoms with E-state index in [9.17, 15) is 10.2 Å². The first-order valence-electron chi connectivity index (χ1n) is 9.78. The van der Waals surface area contributed by atoms with Crippen LogP contribution in [0.15, 0.2) is 18.2 Å². The van der Waals surface area contributed by atoms with Gasteiger partial charge in [-0.2, -0.15) is 15.0 Å². The Morgan fingerprint density at radius 1 is 0.897 bits per heavy atom. The van der Waals surface area contributed by atoms with E-state index in [1.165, 1.54) is 0 Å². The van der Waals surface area contributed by atoms with Crippen molar-refractivity contribution >= 4 is 17.8 Å². The van der Waals surface area contributed by atoms with E-state index in [-0.39, 0.29) is 32.1 Å². The van der Waals surface area contributed by atoms with Gasteiger partial charge in [-0.05, 0) is 30.5 Å². The van der Waals surface area contributed by atoms with Crippen molar-refractivity contribution in [3.05, 3.63) is 23.8 Å². The van der Waals surface area contributed by atoms with Gasteiger partial charge in [0, 0.05) is 6.54 Å². The van der Waals surface area contributed by atoms with E-state index in [2.05, 4.69) is 30.9 Å². The second-order valence-electron chi connectivity index (χ2n) is 6.71. The monoisotopic (exact) mass is 404 g/mol. The van der Waals surface area contributed by atoms with Crippen LogP contribution in [-0.4, -0.2) is 57.3 Å². The molecular formula is C19H28N6O4. The molecule has 10 nitrogen and oxygen atoms in total. The van der Waals surface area contributed by atoms with Crippen molar-refractivity contribution in [2.45, 2.75) is 45.3 Å². The van der Waals surface area contributed by atoms with Crippen LogP contribution >= 0.6 is 0 Å². The molecule has 1 aromatic carbocycles. The van der Waals surface area contributed by atoms with Gasteiger partial charge in [-0.3, -0.25) is 0 Å². The SMILES string of the molecule is CC[C@H](CO)Nc1nc(NCc2ccc3c(c2)OCO3)nc(N[C@@H](CC)CO)n1. The number of anilines is 3. The van der Waals surface area contributed by atoms with Crippen LogP contribution in [0.5, 0.6) is 11.5 Å². The maximum Gasteiger partial charge on any atom is 0.231 e. The van der Waals surface area contributed by atoms with Crippen molar-refractivity contribution in [1.29, 1.82) is 0 Å². The molecule has 0 bridgehead atoms. The number of fused-ring (bicyclic) bond motifs is 1. The number of hydrogen-bond acceptors (Lipinski definition) is 10. The van der Waals surface area contributed by atoms with Gasteiger partial charge < -0.3 is 35.6 Å². The number of aliphatic hydroxyl groups is 2. The largest absolute Gasteiger partial charge is 0.454 e. The van der Waals surface area contributed by atoms with Crippen LogP contribution in [0.4, 0.5) is 17.8 Å². The predicted octanol–water partition coefficient (Wildman–Crippen LogP) is 1.58. The van der Waals surface area contributed by atoms with Crippen LogP contribution in [0, 0.1) is 0 Å². The van der Waals surface area contributed by atoms with Crippen molar-refractivity contribution in [3.63, 3.8) is 0 Å². The minimum Gasteiger partial charge on any atom is -0.454 e. The van der Waals surface area contributed by atoms with Crippen molar-refractivity contribution in [3.8, 4) is 11.5 Å². The lowest BCUT2D eigenvalue weighted by atomic mass is 10.2. The minimum absolute atomic E-state index is 0.0286. The average Bonchev–Trinajstić information content (AvgIpc) is 3.22. The number of rotatable bonds is 11. The summed E-state index contributed by atoms with van der Waals surface area (Å²) in [5.41, 5.74) is 0.988. The molecule has 1 aliphatic rings. The summed E-state index contributed by atoms with van der Waals surface area (Å²) >= 11 is 0. The van der Waals surface area contributed by atoms with Gasteiger partial charge in [0.25, 0.3) is 0 Å². The average molecular weight is 404 g/mol. The summed E-state index contributed by atoms with van der Waals surface area (Å²) in [6.07, 6.45) is 1.44. The Balaban J connectivity index is 1.76. The Morgan fingerprint density at radius 2 is 1.48 bits per heavy atom. The molecule has 29 heavy (non-hydrogen) atoms. The van der Waals surface area contributed by atoms with Gasteiger partial charge in [0.15, 0.2) is 11.5 Å². The zero-order chi connectivity index (χ0) is 20.6. The van der Waals surface area contributed by atoms with Gasteiger partial charge in [-0.15, -0.1) is 0 Å². The maximum absolute atomic E-state index is 9.46. The Labute approximate surface area is 169 Å². The Hall–Kier alpha value is -2.85. The predicted molar refractivity (Wildman–Crippen MR) is 109 cm³/mol. The van der Waals surface area contributed by atoms with E-state index >= 15 is 0 Å². The van der Waals surface area contributed by atoms with Gasteiger partial charge >= 0.3 is 0 Å². The molecule has 2 aromatic rings. The molecule has 0 fully saturated rings. The first-order valence-corrected chi connectivity index (χ1v) is 9.78. The Kier molecular flexibility index (Phi) is 7.25. The number of nitrogens with one attached hydrogen (secondary N) is 3. The van der Waals surface area contributed by atoms with Crippen LogP contribution in [-0.2, 0) is 6.54 Å². The Bertz CT molecular complexity index is 766. The van der Waals surface area contributed by atoms with Gasteiger partial charge in [0.1, 0.15) is 0 Å². The quantitative estimate of drug-likeness (QED) is 0.376. The zero-order valence-corrected chi connectivity index (χ0v) is 16.7. The molecule has 1 aliphatic heterocycles. The Morgan fingerprint density at radius 3 is 2.07 bits per heavy atom. The summed E-state index contributed by atoms with van der Waals surface area (Å²) in [7, 11) is 0. The van der Waals surface area contributed by atoms with Gasteiger partial charge in [-0.1, -0.05) is 19.9 Å². The summed E-state index contributed by atoms with van der Waals surface area (Å²) in [6, 6.07) is 5.40. The molecule has 2 atom stereocenters. The third-order valence-electron chi connectivity index (χ3n) is 4.62. The molecule has 10 heteroatoms. The van der Waals surface area contributed by atoms with Crippen LogP contribution in [0.3, 0.4) is 0 Å². The minimum atomic E-state index is -0.160. The smallest absolute Gasteiger partial charge is 0.231 e. The number of hydrogen-bond donors (Lipinski definition) is 5. The van der Waals surface area contributed by atoms with Crippen molar-refractivity contribution in [2.75, 3.05) is 36.0 Å². The maximum atomic E-state index is 9.46. The zero-order valence-electron chi connectivity index (χ0n) is 16.7. The fourth-order valence-electron chi connectivity index (χ4n) is 2.73. The van der Waals surface area contributed by atoms with Gasteiger partial charge in [0.05, 0.1) is 25.3 Å². The standard InChI is InChI=1S/C19H28N6O4/c1-3-13(9-26)21-18-23-17(24-19(25-18)22-14(4-2)10-27)20-8-12-5-6-15-16(7-12)29-11-28-15/h5-7,13-14,26-27H,3-4,8-11H2,1-2H3,(H3,20,21,22,23,24,25)/t13-,14+. The number of ether oxygens (including phenoxy) is 2. The van der Waals surface area contributed by atoms with Gasteiger partial charge in [0.2, 0.25) is 24.6 Å². The van der Waals surface area contributed by atoms with Crippen LogP contribution < -0.4 is 25.4 Å². The highest BCUT2D eigenvalue weighted by atomic mass is 16.7.